The third-order valence-corrected chi connectivity index (χ3v) is 6.24. The summed E-state index contributed by atoms with van der Waals surface area (Å²) in [5.74, 6) is 0.394. The molecule has 2 aromatic carbocycles. The molecule has 0 radical (unpaired) electrons. The van der Waals surface area contributed by atoms with E-state index in [-0.39, 0.29) is 5.16 Å². The van der Waals surface area contributed by atoms with Crippen molar-refractivity contribution < 1.29 is 5.11 Å². The van der Waals surface area contributed by atoms with Crippen LogP contribution in [-0.2, 0) is 5.16 Å². The number of rotatable bonds is 5. The van der Waals surface area contributed by atoms with E-state index in [4.69, 9.17) is 0 Å². The number of phenols is 1. The van der Waals surface area contributed by atoms with Crippen LogP contribution >= 0.6 is 8.58 Å². The summed E-state index contributed by atoms with van der Waals surface area (Å²) in [5.41, 5.74) is 4.64. The Kier molecular flexibility index (Phi) is 5.59. The third kappa shape index (κ3) is 4.00. The van der Waals surface area contributed by atoms with Crippen LogP contribution in [0.5, 0.6) is 5.75 Å². The summed E-state index contributed by atoms with van der Waals surface area (Å²) in [6, 6.07) is 12.4. The van der Waals surface area contributed by atoms with Gasteiger partial charge < -0.3 is 5.11 Å². The standard InChI is InChI=1S/C20H26NOP/c1-6-20(4,17-12-15(3)7-9-18(17)22)23-19-10-8-14(2)11-16(19)13-21-5/h7-13,22-23H,6H2,1-5H3/b21-13+. The molecule has 0 aromatic heterocycles. The van der Waals surface area contributed by atoms with Crippen LogP contribution in [0, 0.1) is 13.8 Å². The van der Waals surface area contributed by atoms with Gasteiger partial charge in [0, 0.05) is 24.0 Å². The Morgan fingerprint density at radius 3 is 2.43 bits per heavy atom. The Labute approximate surface area is 141 Å². The van der Waals surface area contributed by atoms with E-state index in [0.29, 0.717) is 14.3 Å². The summed E-state index contributed by atoms with van der Waals surface area (Å²) in [7, 11) is 2.38. The minimum Gasteiger partial charge on any atom is -0.508 e. The highest BCUT2D eigenvalue weighted by Gasteiger charge is 2.28. The van der Waals surface area contributed by atoms with Crippen molar-refractivity contribution in [1.29, 1.82) is 0 Å². The zero-order chi connectivity index (χ0) is 17.0. The first-order valence-corrected chi connectivity index (χ1v) is 9.00. The van der Waals surface area contributed by atoms with Crippen LogP contribution in [0.25, 0.3) is 0 Å². The van der Waals surface area contributed by atoms with Gasteiger partial charge in [0.2, 0.25) is 0 Å². The van der Waals surface area contributed by atoms with Crippen LogP contribution in [0.2, 0.25) is 0 Å². The maximum absolute atomic E-state index is 10.4. The molecule has 2 nitrogen and oxygen atoms in total. The summed E-state index contributed by atoms with van der Waals surface area (Å²) >= 11 is 0. The smallest absolute Gasteiger partial charge is 0.119 e. The molecule has 3 heteroatoms. The van der Waals surface area contributed by atoms with E-state index in [1.54, 1.807) is 7.05 Å². The van der Waals surface area contributed by atoms with Crippen molar-refractivity contribution in [3.8, 4) is 5.75 Å². The summed E-state index contributed by atoms with van der Waals surface area (Å²) in [6.45, 7) is 8.61. The van der Waals surface area contributed by atoms with Crippen LogP contribution in [-0.4, -0.2) is 18.4 Å². The van der Waals surface area contributed by atoms with Gasteiger partial charge in [0.25, 0.3) is 0 Å². The van der Waals surface area contributed by atoms with E-state index >= 15 is 0 Å². The van der Waals surface area contributed by atoms with Gasteiger partial charge in [-0.15, -0.1) is 0 Å². The Balaban J connectivity index is 2.48. The molecule has 0 aliphatic carbocycles. The molecule has 0 saturated heterocycles. The molecule has 1 N–H and O–H groups in total. The minimum atomic E-state index is -0.0817. The number of aryl methyl sites for hydroxylation is 2. The lowest BCUT2D eigenvalue weighted by molar-refractivity contribution is 0.456. The van der Waals surface area contributed by atoms with Crippen LogP contribution in [0.4, 0.5) is 0 Å². The van der Waals surface area contributed by atoms with E-state index in [1.807, 2.05) is 18.3 Å². The van der Waals surface area contributed by atoms with Crippen LogP contribution < -0.4 is 5.30 Å². The van der Waals surface area contributed by atoms with Gasteiger partial charge in [0.15, 0.2) is 0 Å². The second-order valence-corrected chi connectivity index (χ2v) is 8.20. The van der Waals surface area contributed by atoms with E-state index in [0.717, 1.165) is 12.0 Å². The summed E-state index contributed by atoms with van der Waals surface area (Å²) in [4.78, 5) is 4.20. The SMILES string of the molecule is CCC(C)(Pc1ccc(C)cc1/C=N/C)c1cc(C)ccc1O. The highest BCUT2D eigenvalue weighted by Crippen LogP contribution is 2.47. The lowest BCUT2D eigenvalue weighted by Gasteiger charge is -2.31. The monoisotopic (exact) mass is 327 g/mol. The van der Waals surface area contributed by atoms with E-state index in [9.17, 15) is 5.11 Å². The van der Waals surface area contributed by atoms with Gasteiger partial charge >= 0.3 is 0 Å². The normalized spacial score (nSPS) is 14.7. The minimum absolute atomic E-state index is 0.0817. The lowest BCUT2D eigenvalue weighted by Crippen LogP contribution is -2.20. The first-order valence-electron chi connectivity index (χ1n) is 8.00. The molecule has 2 atom stereocenters. The van der Waals surface area contributed by atoms with Crippen LogP contribution in [0.3, 0.4) is 0 Å². The largest absolute Gasteiger partial charge is 0.508 e. The fourth-order valence-corrected chi connectivity index (χ4v) is 4.33. The predicted molar refractivity (Wildman–Crippen MR) is 103 cm³/mol. The van der Waals surface area contributed by atoms with E-state index in [1.165, 1.54) is 22.0 Å². The number of benzene rings is 2. The highest BCUT2D eigenvalue weighted by molar-refractivity contribution is 7.48. The third-order valence-electron chi connectivity index (χ3n) is 4.34. The number of hydrogen-bond acceptors (Lipinski definition) is 2. The van der Waals surface area contributed by atoms with Gasteiger partial charge in [-0.3, -0.25) is 4.99 Å². The molecule has 0 spiro atoms. The molecule has 2 unspecified atom stereocenters. The number of aliphatic imine (C=N–C) groups is 1. The van der Waals surface area contributed by atoms with Crippen molar-refractivity contribution in [2.75, 3.05) is 7.05 Å². The van der Waals surface area contributed by atoms with Gasteiger partial charge in [-0.05, 0) is 43.3 Å². The molecule has 2 aromatic rings. The fraction of sp³-hybridized carbons (Fsp3) is 0.350. The molecule has 0 saturated carbocycles. The van der Waals surface area contributed by atoms with Crippen molar-refractivity contribution >= 4 is 20.1 Å². The number of hydrogen-bond donors (Lipinski definition) is 1. The molecule has 0 fully saturated rings. The maximum atomic E-state index is 10.4. The van der Waals surface area contributed by atoms with Crippen LogP contribution in [0.15, 0.2) is 41.4 Å². The average Bonchev–Trinajstić information content (AvgIpc) is 2.52. The Morgan fingerprint density at radius 2 is 1.78 bits per heavy atom. The van der Waals surface area contributed by atoms with Gasteiger partial charge in [-0.2, -0.15) is 0 Å². The first-order chi connectivity index (χ1) is 10.9. The Morgan fingerprint density at radius 1 is 1.13 bits per heavy atom. The summed E-state index contributed by atoms with van der Waals surface area (Å²) in [6.07, 6.45) is 2.90. The molecule has 0 bridgehead atoms. The topological polar surface area (TPSA) is 32.6 Å². The molecule has 0 aliphatic heterocycles. The molecule has 0 aliphatic rings. The van der Waals surface area contributed by atoms with Gasteiger partial charge in [0.1, 0.15) is 5.75 Å². The van der Waals surface area contributed by atoms with Crippen molar-refractivity contribution in [2.45, 2.75) is 39.3 Å². The summed E-state index contributed by atoms with van der Waals surface area (Å²) < 4.78 is 0. The number of nitrogens with zero attached hydrogens (tertiary/aromatic N) is 1. The predicted octanol–water partition coefficient (Wildman–Crippen LogP) is 4.69. The molecule has 0 amide bonds. The maximum Gasteiger partial charge on any atom is 0.119 e. The molecule has 23 heavy (non-hydrogen) atoms. The Hall–Kier alpha value is -1.66. The molecule has 2 rings (SSSR count). The zero-order valence-electron chi connectivity index (χ0n) is 14.6. The van der Waals surface area contributed by atoms with Crippen molar-refractivity contribution in [1.82, 2.24) is 0 Å². The van der Waals surface area contributed by atoms with Crippen molar-refractivity contribution in [2.24, 2.45) is 4.99 Å². The molecule has 0 heterocycles. The fourth-order valence-electron chi connectivity index (χ4n) is 2.78. The first kappa shape index (κ1) is 17.7. The van der Waals surface area contributed by atoms with E-state index < -0.39 is 0 Å². The van der Waals surface area contributed by atoms with Gasteiger partial charge in [-0.25, -0.2) is 0 Å². The van der Waals surface area contributed by atoms with Crippen molar-refractivity contribution in [3.63, 3.8) is 0 Å². The number of phenolic OH excluding ortho intramolecular Hbond substituents is 1. The molecular formula is C20H26NOP. The van der Waals surface area contributed by atoms with E-state index in [2.05, 4.69) is 57.0 Å². The second kappa shape index (κ2) is 7.27. The second-order valence-electron chi connectivity index (χ2n) is 6.31. The van der Waals surface area contributed by atoms with Gasteiger partial charge in [0.05, 0.1) is 0 Å². The van der Waals surface area contributed by atoms with Gasteiger partial charge in [-0.1, -0.05) is 57.8 Å². The average molecular weight is 327 g/mol. The highest BCUT2D eigenvalue weighted by atomic mass is 31.1. The molecular weight excluding hydrogens is 301 g/mol. The quantitative estimate of drug-likeness (QED) is 0.627. The summed E-state index contributed by atoms with van der Waals surface area (Å²) in [5, 5.41) is 11.6. The lowest BCUT2D eigenvalue weighted by atomic mass is 9.95. The Bertz CT molecular complexity index is 724. The molecule has 122 valence electrons. The van der Waals surface area contributed by atoms with Crippen LogP contribution in [0.1, 0.15) is 42.5 Å². The number of aromatic hydroxyl groups is 1. The zero-order valence-corrected chi connectivity index (χ0v) is 15.6. The van der Waals surface area contributed by atoms with Crippen molar-refractivity contribution in [3.05, 3.63) is 58.7 Å².